The molecule has 2 aromatic rings. The summed E-state index contributed by atoms with van der Waals surface area (Å²) >= 11 is 0. The van der Waals surface area contributed by atoms with Crippen LogP contribution >= 0.6 is 0 Å². The molecule has 5 heteroatoms. The summed E-state index contributed by atoms with van der Waals surface area (Å²) < 4.78 is 5.57. The van der Waals surface area contributed by atoms with E-state index in [0.29, 0.717) is 5.69 Å². The zero-order valence-corrected chi connectivity index (χ0v) is 14.8. The summed E-state index contributed by atoms with van der Waals surface area (Å²) in [6, 6.07) is 14.9. The summed E-state index contributed by atoms with van der Waals surface area (Å²) in [4.78, 5) is 24.0. The van der Waals surface area contributed by atoms with E-state index in [1.54, 1.807) is 6.07 Å². The average molecular weight is 340 g/mol. The molecule has 0 spiro atoms. The smallest absolute Gasteiger partial charge is 0.313 e. The van der Waals surface area contributed by atoms with Gasteiger partial charge >= 0.3 is 11.8 Å². The normalized spacial score (nSPS) is 10.4. The Bertz CT molecular complexity index is 724. The molecule has 0 radical (unpaired) electrons. The number of hydrogen-bond acceptors (Lipinski definition) is 3. The van der Waals surface area contributed by atoms with Crippen LogP contribution in [-0.2, 0) is 22.6 Å². The molecule has 2 amide bonds. The van der Waals surface area contributed by atoms with Gasteiger partial charge in [-0.15, -0.1) is 0 Å². The van der Waals surface area contributed by atoms with Crippen molar-refractivity contribution >= 4 is 17.5 Å². The van der Waals surface area contributed by atoms with E-state index < -0.39 is 11.8 Å². The van der Waals surface area contributed by atoms with Gasteiger partial charge in [0.1, 0.15) is 5.75 Å². The molecule has 2 N–H and O–H groups in total. The zero-order chi connectivity index (χ0) is 18.2. The van der Waals surface area contributed by atoms with Crippen molar-refractivity contribution in [2.75, 3.05) is 5.32 Å². The highest BCUT2D eigenvalue weighted by Crippen LogP contribution is 2.15. The van der Waals surface area contributed by atoms with E-state index in [9.17, 15) is 9.59 Å². The molecule has 0 atom stereocenters. The van der Waals surface area contributed by atoms with Gasteiger partial charge in [0.05, 0.1) is 6.10 Å². The van der Waals surface area contributed by atoms with Crippen LogP contribution in [0.1, 0.15) is 31.9 Å². The minimum atomic E-state index is -0.666. The Labute approximate surface area is 148 Å². The van der Waals surface area contributed by atoms with Crippen LogP contribution in [0.5, 0.6) is 5.75 Å². The number of rotatable bonds is 6. The van der Waals surface area contributed by atoms with Crippen LogP contribution < -0.4 is 15.4 Å². The number of anilines is 1. The van der Waals surface area contributed by atoms with Crippen molar-refractivity contribution in [1.82, 2.24) is 5.32 Å². The van der Waals surface area contributed by atoms with E-state index in [0.717, 1.165) is 23.3 Å². The third-order valence-corrected chi connectivity index (χ3v) is 3.60. The first-order chi connectivity index (χ1) is 12.0. The van der Waals surface area contributed by atoms with Crippen LogP contribution in [0.4, 0.5) is 5.69 Å². The molecule has 25 heavy (non-hydrogen) atoms. The predicted octanol–water partition coefficient (Wildman–Crippen LogP) is 3.29. The predicted molar refractivity (Wildman–Crippen MR) is 98.5 cm³/mol. The summed E-state index contributed by atoms with van der Waals surface area (Å²) in [6.45, 7) is 6.20. The molecule has 0 saturated heterocycles. The third-order valence-electron chi connectivity index (χ3n) is 3.60. The lowest BCUT2D eigenvalue weighted by Crippen LogP contribution is -2.35. The molecule has 0 unspecified atom stereocenters. The molecule has 0 fully saturated rings. The monoisotopic (exact) mass is 340 g/mol. The standard InChI is InChI=1S/C20H24N2O3/c1-4-16-7-5-6-8-18(16)22-20(24)19(23)21-13-15-9-11-17(12-10-15)25-14(2)3/h5-12,14H,4,13H2,1-3H3,(H,21,23)(H,22,24). The molecular weight excluding hydrogens is 316 g/mol. The van der Waals surface area contributed by atoms with Gasteiger partial charge < -0.3 is 15.4 Å². The lowest BCUT2D eigenvalue weighted by atomic mass is 10.1. The van der Waals surface area contributed by atoms with Crippen LogP contribution in [0, 0.1) is 0 Å². The quantitative estimate of drug-likeness (QED) is 0.793. The Morgan fingerprint density at radius 1 is 1.00 bits per heavy atom. The van der Waals surface area contributed by atoms with Gasteiger partial charge in [0.25, 0.3) is 0 Å². The number of carbonyl (C=O) groups is 2. The molecule has 0 aliphatic carbocycles. The van der Waals surface area contributed by atoms with Crippen molar-refractivity contribution in [3.8, 4) is 5.75 Å². The first kappa shape index (κ1) is 18.5. The van der Waals surface area contributed by atoms with Crippen LogP contribution in [0.25, 0.3) is 0 Å². The molecule has 0 bridgehead atoms. The molecule has 0 saturated carbocycles. The summed E-state index contributed by atoms with van der Waals surface area (Å²) in [5, 5.41) is 5.28. The van der Waals surface area contributed by atoms with E-state index in [-0.39, 0.29) is 12.6 Å². The fraction of sp³-hybridized carbons (Fsp3) is 0.300. The number of nitrogens with one attached hydrogen (secondary N) is 2. The van der Waals surface area contributed by atoms with Crippen molar-refractivity contribution in [1.29, 1.82) is 0 Å². The highest BCUT2D eigenvalue weighted by molar-refractivity contribution is 6.39. The minimum Gasteiger partial charge on any atom is -0.491 e. The van der Waals surface area contributed by atoms with Gasteiger partial charge in [0, 0.05) is 12.2 Å². The highest BCUT2D eigenvalue weighted by atomic mass is 16.5. The number of benzene rings is 2. The van der Waals surface area contributed by atoms with Gasteiger partial charge in [-0.3, -0.25) is 9.59 Å². The second-order valence-electron chi connectivity index (χ2n) is 5.96. The van der Waals surface area contributed by atoms with Crippen molar-refractivity contribution in [2.24, 2.45) is 0 Å². The van der Waals surface area contributed by atoms with Gasteiger partial charge in [-0.1, -0.05) is 37.3 Å². The molecule has 5 nitrogen and oxygen atoms in total. The van der Waals surface area contributed by atoms with E-state index >= 15 is 0 Å². The molecule has 0 aliphatic heterocycles. The minimum absolute atomic E-state index is 0.111. The fourth-order valence-corrected chi connectivity index (χ4v) is 2.35. The van der Waals surface area contributed by atoms with Crippen molar-refractivity contribution in [2.45, 2.75) is 39.8 Å². The Kier molecular flexibility index (Phi) is 6.57. The number of amides is 2. The number of hydrogen-bond donors (Lipinski definition) is 2. The highest BCUT2D eigenvalue weighted by Gasteiger charge is 2.14. The van der Waals surface area contributed by atoms with E-state index in [4.69, 9.17) is 4.74 Å². The average Bonchev–Trinajstić information content (AvgIpc) is 2.60. The largest absolute Gasteiger partial charge is 0.491 e. The molecule has 2 rings (SSSR count). The number of aryl methyl sites for hydroxylation is 1. The Hall–Kier alpha value is -2.82. The fourth-order valence-electron chi connectivity index (χ4n) is 2.35. The number of ether oxygens (including phenoxy) is 1. The Morgan fingerprint density at radius 2 is 1.68 bits per heavy atom. The van der Waals surface area contributed by atoms with Gasteiger partial charge in [0.2, 0.25) is 0 Å². The second-order valence-corrected chi connectivity index (χ2v) is 5.96. The van der Waals surface area contributed by atoms with Gasteiger partial charge in [-0.05, 0) is 49.6 Å². The summed E-state index contributed by atoms with van der Waals surface area (Å²) in [6.07, 6.45) is 0.892. The first-order valence-electron chi connectivity index (χ1n) is 8.42. The van der Waals surface area contributed by atoms with Gasteiger partial charge in [-0.25, -0.2) is 0 Å². The number of carbonyl (C=O) groups excluding carboxylic acids is 2. The summed E-state index contributed by atoms with van der Waals surface area (Å²) in [7, 11) is 0. The van der Waals surface area contributed by atoms with Crippen LogP contribution in [0.15, 0.2) is 48.5 Å². The third kappa shape index (κ3) is 5.64. The second kappa shape index (κ2) is 8.87. The molecule has 0 aliphatic rings. The topological polar surface area (TPSA) is 67.4 Å². The molecular formula is C20H24N2O3. The molecule has 2 aromatic carbocycles. The Balaban J connectivity index is 1.88. The van der Waals surface area contributed by atoms with Gasteiger partial charge in [-0.2, -0.15) is 0 Å². The lowest BCUT2D eigenvalue weighted by Gasteiger charge is -2.11. The summed E-state index contributed by atoms with van der Waals surface area (Å²) in [5.74, 6) is -0.548. The van der Waals surface area contributed by atoms with Crippen LogP contribution in [0.2, 0.25) is 0 Å². The van der Waals surface area contributed by atoms with Crippen molar-refractivity contribution < 1.29 is 14.3 Å². The van der Waals surface area contributed by atoms with E-state index in [1.807, 2.05) is 63.2 Å². The zero-order valence-electron chi connectivity index (χ0n) is 14.8. The molecule has 132 valence electrons. The molecule has 0 heterocycles. The maximum absolute atomic E-state index is 12.0. The number of para-hydroxylation sites is 1. The lowest BCUT2D eigenvalue weighted by molar-refractivity contribution is -0.136. The first-order valence-corrected chi connectivity index (χ1v) is 8.42. The Morgan fingerprint density at radius 3 is 2.32 bits per heavy atom. The molecule has 0 aromatic heterocycles. The maximum Gasteiger partial charge on any atom is 0.313 e. The van der Waals surface area contributed by atoms with Crippen LogP contribution in [-0.4, -0.2) is 17.9 Å². The van der Waals surface area contributed by atoms with Crippen molar-refractivity contribution in [3.05, 3.63) is 59.7 Å². The van der Waals surface area contributed by atoms with Gasteiger partial charge in [0.15, 0.2) is 0 Å². The van der Waals surface area contributed by atoms with Crippen LogP contribution in [0.3, 0.4) is 0 Å². The van der Waals surface area contributed by atoms with E-state index in [1.165, 1.54) is 0 Å². The SMILES string of the molecule is CCc1ccccc1NC(=O)C(=O)NCc1ccc(OC(C)C)cc1. The van der Waals surface area contributed by atoms with E-state index in [2.05, 4.69) is 10.6 Å². The van der Waals surface area contributed by atoms with Crippen molar-refractivity contribution in [3.63, 3.8) is 0 Å². The summed E-state index contributed by atoms with van der Waals surface area (Å²) in [5.41, 5.74) is 2.55. The maximum atomic E-state index is 12.0.